The summed E-state index contributed by atoms with van der Waals surface area (Å²) < 4.78 is 11.3. The second kappa shape index (κ2) is 3.95. The number of rotatable bonds is 2. The molecule has 0 aromatic heterocycles. The third-order valence-electron chi connectivity index (χ3n) is 2.52. The molecular formula is C10H20O3. The van der Waals surface area contributed by atoms with E-state index in [4.69, 9.17) is 14.6 Å². The molecule has 1 rings (SSSR count). The van der Waals surface area contributed by atoms with Crippen LogP contribution in [0.1, 0.15) is 27.7 Å². The van der Waals surface area contributed by atoms with Crippen LogP contribution in [0.3, 0.4) is 0 Å². The van der Waals surface area contributed by atoms with Crippen molar-refractivity contribution in [2.45, 2.75) is 39.6 Å². The van der Waals surface area contributed by atoms with Crippen molar-refractivity contribution in [2.24, 2.45) is 11.8 Å². The fraction of sp³-hybridized carbons (Fsp3) is 1.00. The molecule has 3 atom stereocenters. The molecular weight excluding hydrogens is 168 g/mol. The highest BCUT2D eigenvalue weighted by Gasteiger charge is 2.36. The van der Waals surface area contributed by atoms with Crippen LogP contribution in [0.25, 0.3) is 0 Å². The lowest BCUT2D eigenvalue weighted by Crippen LogP contribution is -2.47. The molecule has 0 spiro atoms. The Labute approximate surface area is 80.0 Å². The molecule has 0 aliphatic carbocycles. The molecule has 3 nitrogen and oxygen atoms in total. The maximum atomic E-state index is 9.05. The van der Waals surface area contributed by atoms with Crippen molar-refractivity contribution >= 4 is 0 Å². The summed E-state index contributed by atoms with van der Waals surface area (Å²) >= 11 is 0. The van der Waals surface area contributed by atoms with Gasteiger partial charge in [-0.2, -0.15) is 0 Å². The molecule has 1 aliphatic rings. The van der Waals surface area contributed by atoms with Gasteiger partial charge >= 0.3 is 0 Å². The van der Waals surface area contributed by atoms with Crippen molar-refractivity contribution in [3.63, 3.8) is 0 Å². The van der Waals surface area contributed by atoms with Crippen molar-refractivity contribution in [1.29, 1.82) is 0 Å². The van der Waals surface area contributed by atoms with Gasteiger partial charge in [-0.05, 0) is 13.8 Å². The predicted molar refractivity (Wildman–Crippen MR) is 50.3 cm³/mol. The highest BCUT2D eigenvalue weighted by atomic mass is 16.7. The average Bonchev–Trinajstić information content (AvgIpc) is 2.08. The van der Waals surface area contributed by atoms with Gasteiger partial charge in [0.1, 0.15) is 0 Å². The summed E-state index contributed by atoms with van der Waals surface area (Å²) in [7, 11) is 0. The zero-order valence-electron chi connectivity index (χ0n) is 8.91. The fourth-order valence-corrected chi connectivity index (χ4v) is 1.69. The second-order valence-electron chi connectivity index (χ2n) is 4.43. The van der Waals surface area contributed by atoms with Crippen LogP contribution in [-0.2, 0) is 9.47 Å². The normalized spacial score (nSPS) is 35.8. The van der Waals surface area contributed by atoms with E-state index in [1.807, 2.05) is 20.8 Å². The summed E-state index contributed by atoms with van der Waals surface area (Å²) in [5, 5.41) is 9.05. The first-order chi connectivity index (χ1) is 5.96. The second-order valence-corrected chi connectivity index (χ2v) is 4.43. The third-order valence-corrected chi connectivity index (χ3v) is 2.52. The minimum atomic E-state index is -0.499. The first kappa shape index (κ1) is 11.0. The monoisotopic (exact) mass is 188 g/mol. The van der Waals surface area contributed by atoms with E-state index < -0.39 is 5.79 Å². The van der Waals surface area contributed by atoms with Crippen LogP contribution in [0.4, 0.5) is 0 Å². The summed E-state index contributed by atoms with van der Waals surface area (Å²) in [5.74, 6) is 0.0361. The SMILES string of the molecule is C[C@@H]1COC(C)(C)O[C@@H]1[C@@H](C)CO. The van der Waals surface area contributed by atoms with Crippen molar-refractivity contribution < 1.29 is 14.6 Å². The molecule has 0 amide bonds. The van der Waals surface area contributed by atoms with Crippen LogP contribution in [0.15, 0.2) is 0 Å². The average molecular weight is 188 g/mol. The van der Waals surface area contributed by atoms with Crippen molar-refractivity contribution in [3.8, 4) is 0 Å². The van der Waals surface area contributed by atoms with Gasteiger partial charge in [0.25, 0.3) is 0 Å². The minimum absolute atomic E-state index is 0.105. The van der Waals surface area contributed by atoms with E-state index >= 15 is 0 Å². The summed E-state index contributed by atoms with van der Waals surface area (Å²) in [5.41, 5.74) is 0. The van der Waals surface area contributed by atoms with E-state index in [1.165, 1.54) is 0 Å². The molecule has 0 aromatic rings. The van der Waals surface area contributed by atoms with Gasteiger partial charge in [-0.25, -0.2) is 0 Å². The van der Waals surface area contributed by atoms with Crippen LogP contribution in [0.2, 0.25) is 0 Å². The lowest BCUT2D eigenvalue weighted by Gasteiger charge is -2.42. The largest absolute Gasteiger partial charge is 0.396 e. The van der Waals surface area contributed by atoms with Gasteiger partial charge in [-0.15, -0.1) is 0 Å². The van der Waals surface area contributed by atoms with Crippen LogP contribution < -0.4 is 0 Å². The molecule has 1 saturated heterocycles. The lowest BCUT2D eigenvalue weighted by molar-refractivity contribution is -0.300. The molecule has 0 aromatic carbocycles. The molecule has 0 saturated carbocycles. The Morgan fingerprint density at radius 3 is 2.69 bits per heavy atom. The van der Waals surface area contributed by atoms with E-state index in [1.54, 1.807) is 0 Å². The molecule has 1 aliphatic heterocycles. The van der Waals surface area contributed by atoms with Crippen LogP contribution in [-0.4, -0.2) is 30.2 Å². The molecule has 3 heteroatoms. The molecule has 0 bridgehead atoms. The van der Waals surface area contributed by atoms with Crippen molar-refractivity contribution in [1.82, 2.24) is 0 Å². The molecule has 1 fully saturated rings. The van der Waals surface area contributed by atoms with Gasteiger partial charge in [0.05, 0.1) is 12.7 Å². The van der Waals surface area contributed by atoms with E-state index in [9.17, 15) is 0 Å². The van der Waals surface area contributed by atoms with E-state index in [0.717, 1.165) is 0 Å². The van der Waals surface area contributed by atoms with Crippen LogP contribution >= 0.6 is 0 Å². The number of ether oxygens (including phenoxy) is 2. The smallest absolute Gasteiger partial charge is 0.163 e. The quantitative estimate of drug-likeness (QED) is 0.712. The van der Waals surface area contributed by atoms with Gasteiger partial charge in [0.15, 0.2) is 5.79 Å². The number of aliphatic hydroxyl groups excluding tert-OH is 1. The standard InChI is InChI=1S/C10H20O3/c1-7(5-11)9-8(2)6-12-10(3,4)13-9/h7-9,11H,5-6H2,1-4H3/t7-,8+,9+/m0/s1. The molecule has 1 N–H and O–H groups in total. The van der Waals surface area contributed by atoms with Gasteiger partial charge in [-0.1, -0.05) is 13.8 Å². The Bertz CT molecular complexity index is 164. The van der Waals surface area contributed by atoms with Gasteiger partial charge in [0.2, 0.25) is 0 Å². The maximum absolute atomic E-state index is 9.05. The summed E-state index contributed by atoms with van der Waals surface area (Å²) in [6.07, 6.45) is 0.105. The third kappa shape index (κ3) is 2.66. The summed E-state index contributed by atoms with van der Waals surface area (Å²) in [4.78, 5) is 0. The van der Waals surface area contributed by atoms with E-state index in [0.29, 0.717) is 12.5 Å². The molecule has 1 heterocycles. The number of hydrogen-bond donors (Lipinski definition) is 1. The highest BCUT2D eigenvalue weighted by Crippen LogP contribution is 2.29. The number of hydrogen-bond acceptors (Lipinski definition) is 3. The Balaban J connectivity index is 2.60. The summed E-state index contributed by atoms with van der Waals surface area (Å²) in [6.45, 7) is 8.80. The molecule has 0 radical (unpaired) electrons. The van der Waals surface area contributed by atoms with Crippen LogP contribution in [0.5, 0.6) is 0 Å². The Morgan fingerprint density at radius 2 is 2.15 bits per heavy atom. The molecule has 13 heavy (non-hydrogen) atoms. The minimum Gasteiger partial charge on any atom is -0.396 e. The Kier molecular flexibility index (Phi) is 3.33. The Morgan fingerprint density at radius 1 is 1.54 bits per heavy atom. The van der Waals surface area contributed by atoms with Crippen molar-refractivity contribution in [3.05, 3.63) is 0 Å². The first-order valence-corrected chi connectivity index (χ1v) is 4.89. The van der Waals surface area contributed by atoms with E-state index in [2.05, 4.69) is 6.92 Å². The number of aliphatic hydroxyl groups is 1. The van der Waals surface area contributed by atoms with Gasteiger partial charge < -0.3 is 14.6 Å². The Hall–Kier alpha value is -0.120. The van der Waals surface area contributed by atoms with E-state index in [-0.39, 0.29) is 18.6 Å². The predicted octanol–water partition coefficient (Wildman–Crippen LogP) is 1.40. The maximum Gasteiger partial charge on any atom is 0.163 e. The topological polar surface area (TPSA) is 38.7 Å². The van der Waals surface area contributed by atoms with Gasteiger partial charge in [0, 0.05) is 18.4 Å². The lowest BCUT2D eigenvalue weighted by atomic mass is 9.93. The zero-order chi connectivity index (χ0) is 10.1. The van der Waals surface area contributed by atoms with Gasteiger partial charge in [-0.3, -0.25) is 0 Å². The molecule has 78 valence electrons. The van der Waals surface area contributed by atoms with Crippen LogP contribution in [0, 0.1) is 11.8 Å². The zero-order valence-corrected chi connectivity index (χ0v) is 8.91. The molecule has 0 unspecified atom stereocenters. The first-order valence-electron chi connectivity index (χ1n) is 4.89. The summed E-state index contributed by atoms with van der Waals surface area (Å²) in [6, 6.07) is 0. The van der Waals surface area contributed by atoms with Crippen molar-refractivity contribution in [2.75, 3.05) is 13.2 Å². The highest BCUT2D eigenvalue weighted by molar-refractivity contribution is 4.78. The fourth-order valence-electron chi connectivity index (χ4n) is 1.69.